The molecular formula is C20H42O. The van der Waals surface area contributed by atoms with Crippen LogP contribution < -0.4 is 0 Å². The molecule has 21 heavy (non-hydrogen) atoms. The zero-order valence-corrected chi connectivity index (χ0v) is 15.2. The van der Waals surface area contributed by atoms with Gasteiger partial charge in [-0.2, -0.15) is 0 Å². The molecule has 0 amide bonds. The highest BCUT2D eigenvalue weighted by Gasteiger charge is 2.05. The van der Waals surface area contributed by atoms with Gasteiger partial charge in [0.05, 0.1) is 0 Å². The Bertz CT molecular complexity index is 190. The van der Waals surface area contributed by atoms with Crippen molar-refractivity contribution in [1.82, 2.24) is 0 Å². The smallest absolute Gasteiger partial charge is 0.0431 e. The zero-order chi connectivity index (χ0) is 15.8. The third kappa shape index (κ3) is 16.2. The minimum atomic E-state index is 0.370. The number of hydrogen-bond donors (Lipinski definition) is 1. The van der Waals surface area contributed by atoms with Crippen molar-refractivity contribution < 1.29 is 5.11 Å². The van der Waals surface area contributed by atoms with E-state index in [2.05, 4.69) is 20.8 Å². The van der Waals surface area contributed by atoms with Crippen molar-refractivity contribution >= 4 is 0 Å². The number of aliphatic hydroxyl groups excluding tert-OH is 1. The largest absolute Gasteiger partial charge is 0.396 e. The third-order valence-corrected chi connectivity index (χ3v) is 4.80. The fraction of sp³-hybridized carbons (Fsp3) is 1.00. The van der Waals surface area contributed by atoms with E-state index in [1.807, 2.05) is 0 Å². The van der Waals surface area contributed by atoms with Crippen LogP contribution >= 0.6 is 0 Å². The lowest BCUT2D eigenvalue weighted by atomic mass is 9.92. The van der Waals surface area contributed by atoms with Crippen LogP contribution in [0.25, 0.3) is 0 Å². The quantitative estimate of drug-likeness (QED) is 0.313. The Balaban J connectivity index is 3.25. The maximum Gasteiger partial charge on any atom is 0.0431 e. The summed E-state index contributed by atoms with van der Waals surface area (Å²) in [5.74, 6) is 1.87. The molecule has 2 unspecified atom stereocenters. The summed E-state index contributed by atoms with van der Waals surface area (Å²) in [5.41, 5.74) is 0. The Hall–Kier alpha value is -0.0400. The first-order valence-electron chi connectivity index (χ1n) is 9.81. The van der Waals surface area contributed by atoms with Gasteiger partial charge in [-0.15, -0.1) is 0 Å². The second-order valence-electron chi connectivity index (χ2n) is 7.27. The van der Waals surface area contributed by atoms with Gasteiger partial charge in [-0.3, -0.25) is 0 Å². The lowest BCUT2D eigenvalue weighted by molar-refractivity contribution is 0.282. The van der Waals surface area contributed by atoms with Crippen LogP contribution in [0, 0.1) is 11.8 Å². The lowest BCUT2D eigenvalue weighted by Crippen LogP contribution is -1.99. The van der Waals surface area contributed by atoms with Crippen LogP contribution in [0.3, 0.4) is 0 Å². The summed E-state index contributed by atoms with van der Waals surface area (Å²) in [6, 6.07) is 0. The van der Waals surface area contributed by atoms with Crippen LogP contribution in [0.1, 0.15) is 111 Å². The van der Waals surface area contributed by atoms with E-state index in [1.54, 1.807) is 0 Å². The zero-order valence-electron chi connectivity index (χ0n) is 15.2. The monoisotopic (exact) mass is 298 g/mol. The van der Waals surface area contributed by atoms with E-state index >= 15 is 0 Å². The Morgan fingerprint density at radius 3 is 1.52 bits per heavy atom. The summed E-state index contributed by atoms with van der Waals surface area (Å²) < 4.78 is 0. The number of rotatable bonds is 16. The number of unbranched alkanes of at least 4 members (excludes halogenated alkanes) is 7. The van der Waals surface area contributed by atoms with E-state index in [1.165, 1.54) is 83.5 Å². The van der Waals surface area contributed by atoms with Crippen LogP contribution in [0.4, 0.5) is 0 Å². The second kappa shape index (κ2) is 16.3. The summed E-state index contributed by atoms with van der Waals surface area (Å²) in [4.78, 5) is 0. The Morgan fingerprint density at radius 1 is 0.571 bits per heavy atom. The molecule has 0 aliphatic heterocycles. The van der Waals surface area contributed by atoms with Crippen molar-refractivity contribution in [3.63, 3.8) is 0 Å². The van der Waals surface area contributed by atoms with Gasteiger partial charge in [0.1, 0.15) is 0 Å². The normalized spacial score (nSPS) is 14.3. The molecule has 1 N–H and O–H groups in total. The van der Waals surface area contributed by atoms with Crippen LogP contribution in [-0.2, 0) is 0 Å². The number of hydrogen-bond acceptors (Lipinski definition) is 1. The summed E-state index contributed by atoms with van der Waals surface area (Å²) in [7, 11) is 0. The van der Waals surface area contributed by atoms with Gasteiger partial charge < -0.3 is 5.11 Å². The molecule has 0 rings (SSSR count). The molecule has 0 bridgehead atoms. The molecule has 128 valence electrons. The van der Waals surface area contributed by atoms with E-state index in [4.69, 9.17) is 5.11 Å². The van der Waals surface area contributed by atoms with E-state index in [0.717, 1.165) is 18.3 Å². The van der Waals surface area contributed by atoms with Crippen molar-refractivity contribution in [2.24, 2.45) is 11.8 Å². The van der Waals surface area contributed by atoms with Crippen LogP contribution in [-0.4, -0.2) is 11.7 Å². The molecule has 0 fully saturated rings. The highest BCUT2D eigenvalue weighted by molar-refractivity contribution is 4.58. The first-order valence-corrected chi connectivity index (χ1v) is 9.81. The number of aliphatic hydroxyl groups is 1. The third-order valence-electron chi connectivity index (χ3n) is 4.80. The van der Waals surface area contributed by atoms with Gasteiger partial charge in [-0.1, -0.05) is 104 Å². The molecule has 0 aromatic rings. The van der Waals surface area contributed by atoms with Gasteiger partial charge in [0.25, 0.3) is 0 Å². The average molecular weight is 299 g/mol. The minimum Gasteiger partial charge on any atom is -0.396 e. The fourth-order valence-electron chi connectivity index (χ4n) is 3.14. The standard InChI is InChI=1S/C20H42O/c1-4-5-14-19(2)16-13-17-20(3)15-11-9-7-6-8-10-12-18-21/h19-21H,4-18H2,1-3H3. The molecule has 0 saturated carbocycles. The van der Waals surface area contributed by atoms with Crippen molar-refractivity contribution in [3.05, 3.63) is 0 Å². The van der Waals surface area contributed by atoms with Crippen molar-refractivity contribution in [2.75, 3.05) is 6.61 Å². The van der Waals surface area contributed by atoms with Gasteiger partial charge in [0, 0.05) is 6.61 Å². The maximum atomic E-state index is 8.72. The van der Waals surface area contributed by atoms with E-state index < -0.39 is 0 Å². The summed E-state index contributed by atoms with van der Waals surface area (Å²) >= 11 is 0. The molecule has 0 heterocycles. The van der Waals surface area contributed by atoms with Crippen LogP contribution in [0.2, 0.25) is 0 Å². The van der Waals surface area contributed by atoms with Crippen molar-refractivity contribution in [1.29, 1.82) is 0 Å². The molecule has 0 spiro atoms. The minimum absolute atomic E-state index is 0.370. The molecule has 0 aromatic carbocycles. The SMILES string of the molecule is CCCCC(C)CCCC(C)CCCCCCCCCO. The van der Waals surface area contributed by atoms with Gasteiger partial charge in [0.2, 0.25) is 0 Å². The van der Waals surface area contributed by atoms with Crippen molar-refractivity contribution in [3.8, 4) is 0 Å². The second-order valence-corrected chi connectivity index (χ2v) is 7.27. The molecule has 0 aliphatic carbocycles. The van der Waals surface area contributed by atoms with E-state index in [0.29, 0.717) is 6.61 Å². The first-order chi connectivity index (χ1) is 10.2. The van der Waals surface area contributed by atoms with Crippen LogP contribution in [0.15, 0.2) is 0 Å². The van der Waals surface area contributed by atoms with E-state index in [9.17, 15) is 0 Å². The molecule has 1 heteroatoms. The van der Waals surface area contributed by atoms with Gasteiger partial charge in [-0.25, -0.2) is 0 Å². The fourth-order valence-corrected chi connectivity index (χ4v) is 3.14. The molecule has 0 radical (unpaired) electrons. The molecule has 1 nitrogen and oxygen atoms in total. The summed E-state index contributed by atoms with van der Waals surface area (Å²) in [6.07, 6.45) is 19.0. The molecule has 0 aliphatic rings. The summed E-state index contributed by atoms with van der Waals surface area (Å²) in [5, 5.41) is 8.72. The van der Waals surface area contributed by atoms with Gasteiger partial charge >= 0.3 is 0 Å². The van der Waals surface area contributed by atoms with Crippen LogP contribution in [0.5, 0.6) is 0 Å². The Kier molecular flexibility index (Phi) is 16.3. The molecule has 0 aromatic heterocycles. The highest BCUT2D eigenvalue weighted by atomic mass is 16.2. The van der Waals surface area contributed by atoms with E-state index in [-0.39, 0.29) is 0 Å². The molecular weight excluding hydrogens is 256 g/mol. The Labute approximate surface area is 134 Å². The predicted molar refractivity (Wildman–Crippen MR) is 95.7 cm³/mol. The average Bonchev–Trinajstić information content (AvgIpc) is 2.48. The topological polar surface area (TPSA) is 20.2 Å². The lowest BCUT2D eigenvalue weighted by Gasteiger charge is -2.14. The molecule has 2 atom stereocenters. The maximum absolute atomic E-state index is 8.72. The first kappa shape index (κ1) is 21.0. The Morgan fingerprint density at radius 2 is 1.00 bits per heavy atom. The molecule has 0 saturated heterocycles. The van der Waals surface area contributed by atoms with Crippen molar-refractivity contribution in [2.45, 2.75) is 111 Å². The van der Waals surface area contributed by atoms with Gasteiger partial charge in [-0.05, 0) is 18.3 Å². The van der Waals surface area contributed by atoms with Gasteiger partial charge in [0.15, 0.2) is 0 Å². The highest BCUT2D eigenvalue weighted by Crippen LogP contribution is 2.21. The summed E-state index contributed by atoms with van der Waals surface area (Å²) in [6.45, 7) is 7.53. The predicted octanol–water partition coefficient (Wildman–Crippen LogP) is 6.73.